The van der Waals surface area contributed by atoms with Crippen LogP contribution in [0.5, 0.6) is 0 Å². The molecule has 2 aromatic rings. The van der Waals surface area contributed by atoms with Gasteiger partial charge in [0.1, 0.15) is 5.82 Å². The Balaban J connectivity index is 1.70. The van der Waals surface area contributed by atoms with Crippen molar-refractivity contribution in [3.8, 4) is 0 Å². The Bertz CT molecular complexity index is 641. The number of halogens is 1. The lowest BCUT2D eigenvalue weighted by Crippen LogP contribution is -2.30. The molecule has 5 heteroatoms. The number of rotatable bonds is 6. The van der Waals surface area contributed by atoms with Crippen molar-refractivity contribution in [3.63, 3.8) is 0 Å². The number of para-hydroxylation sites is 1. The van der Waals surface area contributed by atoms with Crippen molar-refractivity contribution in [3.05, 3.63) is 59.9 Å². The first-order chi connectivity index (χ1) is 11.1. The minimum atomic E-state index is -0.441. The Morgan fingerprint density at radius 3 is 2.43 bits per heavy atom. The third kappa shape index (κ3) is 5.29. The molecule has 0 unspecified atom stereocenters. The van der Waals surface area contributed by atoms with Gasteiger partial charge in [-0.25, -0.2) is 9.18 Å². The molecular weight excluding hydrogens is 293 g/mol. The predicted molar refractivity (Wildman–Crippen MR) is 92.5 cm³/mol. The summed E-state index contributed by atoms with van der Waals surface area (Å²) < 4.78 is 13.4. The number of hydrogen-bond donors (Lipinski definition) is 2. The SMILES string of the molecule is CN(C)c1ccc(CCCNC(=O)Nc2ccccc2F)cc1. The fourth-order valence-electron chi connectivity index (χ4n) is 2.18. The quantitative estimate of drug-likeness (QED) is 0.799. The summed E-state index contributed by atoms with van der Waals surface area (Å²) in [6.45, 7) is 0.537. The minimum Gasteiger partial charge on any atom is -0.378 e. The lowest BCUT2D eigenvalue weighted by atomic mass is 10.1. The van der Waals surface area contributed by atoms with E-state index in [9.17, 15) is 9.18 Å². The molecule has 122 valence electrons. The van der Waals surface area contributed by atoms with E-state index in [0.29, 0.717) is 6.54 Å². The third-order valence-corrected chi connectivity index (χ3v) is 3.50. The zero-order valence-electron chi connectivity index (χ0n) is 13.5. The van der Waals surface area contributed by atoms with Gasteiger partial charge in [0, 0.05) is 26.3 Å². The second kappa shape index (κ2) is 8.17. The van der Waals surface area contributed by atoms with E-state index < -0.39 is 11.8 Å². The van der Waals surface area contributed by atoms with E-state index in [1.54, 1.807) is 12.1 Å². The summed E-state index contributed by atoms with van der Waals surface area (Å²) in [4.78, 5) is 13.8. The van der Waals surface area contributed by atoms with Crippen LogP contribution >= 0.6 is 0 Å². The van der Waals surface area contributed by atoms with E-state index in [2.05, 4.69) is 39.8 Å². The minimum absolute atomic E-state index is 0.185. The predicted octanol–water partition coefficient (Wildman–Crippen LogP) is 3.65. The number of carbonyl (C=O) groups is 1. The Morgan fingerprint density at radius 2 is 1.78 bits per heavy atom. The fourth-order valence-corrected chi connectivity index (χ4v) is 2.18. The maximum Gasteiger partial charge on any atom is 0.319 e. The van der Waals surface area contributed by atoms with Crippen LogP contribution in [-0.4, -0.2) is 26.7 Å². The van der Waals surface area contributed by atoms with Crippen molar-refractivity contribution in [2.24, 2.45) is 0 Å². The van der Waals surface area contributed by atoms with Crippen molar-refractivity contribution < 1.29 is 9.18 Å². The molecule has 0 fully saturated rings. The largest absolute Gasteiger partial charge is 0.378 e. The van der Waals surface area contributed by atoms with Gasteiger partial charge in [0.2, 0.25) is 0 Å². The van der Waals surface area contributed by atoms with Crippen LogP contribution < -0.4 is 15.5 Å². The molecule has 2 rings (SSSR count). The van der Waals surface area contributed by atoms with Crippen LogP contribution in [0.2, 0.25) is 0 Å². The summed E-state index contributed by atoms with van der Waals surface area (Å²) in [6, 6.07) is 14.0. The number of carbonyl (C=O) groups excluding carboxylic acids is 1. The zero-order valence-corrected chi connectivity index (χ0v) is 13.5. The lowest BCUT2D eigenvalue weighted by Gasteiger charge is -2.12. The van der Waals surface area contributed by atoms with Gasteiger partial charge in [-0.05, 0) is 42.7 Å². The van der Waals surface area contributed by atoms with Crippen molar-refractivity contribution in [2.45, 2.75) is 12.8 Å². The Kier molecular flexibility index (Phi) is 5.97. The smallest absolute Gasteiger partial charge is 0.319 e. The van der Waals surface area contributed by atoms with Gasteiger partial charge >= 0.3 is 6.03 Å². The summed E-state index contributed by atoms with van der Waals surface area (Å²) in [6.07, 6.45) is 1.71. The molecule has 2 aromatic carbocycles. The molecular formula is C18H22FN3O. The lowest BCUT2D eigenvalue weighted by molar-refractivity contribution is 0.252. The molecule has 0 aliphatic carbocycles. The number of urea groups is 1. The maximum atomic E-state index is 13.4. The van der Waals surface area contributed by atoms with E-state index in [1.165, 1.54) is 17.7 Å². The number of anilines is 2. The van der Waals surface area contributed by atoms with E-state index in [1.807, 2.05) is 14.1 Å². The highest BCUT2D eigenvalue weighted by Crippen LogP contribution is 2.13. The molecule has 0 radical (unpaired) electrons. The van der Waals surface area contributed by atoms with Gasteiger partial charge in [-0.1, -0.05) is 24.3 Å². The molecule has 0 saturated heterocycles. The highest BCUT2D eigenvalue weighted by molar-refractivity contribution is 5.89. The fraction of sp³-hybridized carbons (Fsp3) is 0.278. The highest BCUT2D eigenvalue weighted by atomic mass is 19.1. The Hall–Kier alpha value is -2.56. The summed E-state index contributed by atoms with van der Waals surface area (Å²) in [5.41, 5.74) is 2.58. The summed E-state index contributed by atoms with van der Waals surface area (Å²) in [5.74, 6) is -0.441. The van der Waals surface area contributed by atoms with Gasteiger partial charge in [0.15, 0.2) is 0 Å². The molecule has 0 aromatic heterocycles. The summed E-state index contributed by atoms with van der Waals surface area (Å²) in [7, 11) is 4.01. The molecule has 0 bridgehead atoms. The highest BCUT2D eigenvalue weighted by Gasteiger charge is 2.05. The number of nitrogens with one attached hydrogen (secondary N) is 2. The molecule has 0 aliphatic rings. The number of benzene rings is 2. The summed E-state index contributed by atoms with van der Waals surface area (Å²) in [5, 5.41) is 5.23. The number of amides is 2. The zero-order chi connectivity index (χ0) is 16.7. The van der Waals surface area contributed by atoms with Crippen molar-refractivity contribution in [1.29, 1.82) is 0 Å². The van der Waals surface area contributed by atoms with Gasteiger partial charge in [-0.2, -0.15) is 0 Å². The van der Waals surface area contributed by atoms with Crippen molar-refractivity contribution >= 4 is 17.4 Å². The molecule has 0 aliphatic heterocycles. The molecule has 23 heavy (non-hydrogen) atoms. The van der Waals surface area contributed by atoms with Gasteiger partial charge in [0.25, 0.3) is 0 Å². The number of nitrogens with zero attached hydrogens (tertiary/aromatic N) is 1. The molecule has 2 amide bonds. The van der Waals surface area contributed by atoms with Gasteiger partial charge in [0.05, 0.1) is 5.69 Å². The first-order valence-corrected chi connectivity index (χ1v) is 7.62. The number of aryl methyl sites for hydroxylation is 1. The van der Waals surface area contributed by atoms with Crippen LogP contribution in [0, 0.1) is 5.82 Å². The second-order valence-electron chi connectivity index (χ2n) is 5.53. The van der Waals surface area contributed by atoms with E-state index >= 15 is 0 Å². The van der Waals surface area contributed by atoms with Gasteiger partial charge < -0.3 is 15.5 Å². The van der Waals surface area contributed by atoms with Crippen LogP contribution in [0.25, 0.3) is 0 Å². The molecule has 0 heterocycles. The van der Waals surface area contributed by atoms with Crippen LogP contribution in [0.1, 0.15) is 12.0 Å². The topological polar surface area (TPSA) is 44.4 Å². The van der Waals surface area contributed by atoms with E-state index in [0.717, 1.165) is 18.5 Å². The average molecular weight is 315 g/mol. The molecule has 2 N–H and O–H groups in total. The molecule has 0 atom stereocenters. The maximum absolute atomic E-state index is 13.4. The van der Waals surface area contributed by atoms with Crippen LogP contribution in [-0.2, 0) is 6.42 Å². The first-order valence-electron chi connectivity index (χ1n) is 7.62. The van der Waals surface area contributed by atoms with Crippen LogP contribution in [0.15, 0.2) is 48.5 Å². The molecule has 0 saturated carbocycles. The molecule has 0 spiro atoms. The van der Waals surface area contributed by atoms with Gasteiger partial charge in [-0.15, -0.1) is 0 Å². The monoisotopic (exact) mass is 315 g/mol. The van der Waals surface area contributed by atoms with E-state index in [4.69, 9.17) is 0 Å². The standard InChI is InChI=1S/C18H22FN3O/c1-22(2)15-11-9-14(10-12-15)6-5-13-20-18(23)21-17-8-4-3-7-16(17)19/h3-4,7-12H,5-6,13H2,1-2H3,(H2,20,21,23). The van der Waals surface area contributed by atoms with E-state index in [-0.39, 0.29) is 5.69 Å². The molecule has 4 nitrogen and oxygen atoms in total. The van der Waals surface area contributed by atoms with Crippen LogP contribution in [0.3, 0.4) is 0 Å². The average Bonchev–Trinajstić information content (AvgIpc) is 2.54. The number of hydrogen-bond acceptors (Lipinski definition) is 2. The normalized spacial score (nSPS) is 10.2. The Morgan fingerprint density at radius 1 is 1.09 bits per heavy atom. The summed E-state index contributed by atoms with van der Waals surface area (Å²) >= 11 is 0. The third-order valence-electron chi connectivity index (χ3n) is 3.50. The van der Waals surface area contributed by atoms with Crippen molar-refractivity contribution in [1.82, 2.24) is 5.32 Å². The van der Waals surface area contributed by atoms with Crippen molar-refractivity contribution in [2.75, 3.05) is 30.9 Å². The first kappa shape index (κ1) is 16.8. The van der Waals surface area contributed by atoms with Crippen LogP contribution in [0.4, 0.5) is 20.6 Å². The Labute approximate surface area is 136 Å². The van der Waals surface area contributed by atoms with Gasteiger partial charge in [-0.3, -0.25) is 0 Å². The second-order valence-corrected chi connectivity index (χ2v) is 5.53.